The average molecular weight is 1450 g/mol. The number of nitrogens with one attached hydrogen (secondary N) is 2. The van der Waals surface area contributed by atoms with Crippen molar-refractivity contribution in [2.75, 3.05) is 19.8 Å². The van der Waals surface area contributed by atoms with Crippen molar-refractivity contribution >= 4 is 44.2 Å². The summed E-state index contributed by atoms with van der Waals surface area (Å²) in [5.74, 6) is -3.33. The second-order valence-corrected chi connectivity index (χ2v) is 35.5. The fraction of sp³-hybridized carbons (Fsp3) is 0.718. The standard InChI is InChI=1S/C85H136N2O15Si/c1-10-14-18-22-26-28-32-34-41-51-66(99-76(89)57-43-36-30-24-20-16-12-3)59-75(88)87-79-81(102-78(91)60-67(52-42-35-33-29-27-23-19-15-11-2)100-77(90)58-44-37-31-25-21-17-13-4)80(92)74(64-98-103(8,9)85(5,6)7)101-83(79)96-63-73(82(93)95-61-65-49-39-38-40-50-65)86-84(94)97-62-72-70-55-47-45-53-68(70)69-54-46-48-56-71(69)72/h38-40,45-50,53-56,66-67,72-74,79-81,83,92H,10-37,41-44,51-52,57-64H2,1-9H3,(H,86,94)(H,87,88)/t66-,67-,73-,74?,79?,80?,81?,83?/m1/s1. The fourth-order valence-corrected chi connectivity index (χ4v) is 14.5. The largest absolute Gasteiger partial charge is 0.462 e. The molecule has 18 heteroatoms. The van der Waals surface area contributed by atoms with Crippen molar-refractivity contribution < 1.29 is 71.5 Å². The van der Waals surface area contributed by atoms with Crippen LogP contribution >= 0.6 is 0 Å². The van der Waals surface area contributed by atoms with E-state index in [4.69, 9.17) is 37.6 Å². The number of aliphatic hydroxyl groups excluding tert-OH is 1. The van der Waals surface area contributed by atoms with Gasteiger partial charge >= 0.3 is 30.0 Å². The van der Waals surface area contributed by atoms with Crippen LogP contribution in [0.4, 0.5) is 4.79 Å². The first-order valence-corrected chi connectivity index (χ1v) is 43.5. The maximum Gasteiger partial charge on any atom is 0.407 e. The lowest BCUT2D eigenvalue weighted by atomic mass is 9.96. The molecule has 8 atom stereocenters. The smallest absolute Gasteiger partial charge is 0.407 e. The van der Waals surface area contributed by atoms with Crippen LogP contribution in [0, 0.1) is 0 Å². The van der Waals surface area contributed by atoms with Gasteiger partial charge in [0.05, 0.1) is 26.1 Å². The number of benzene rings is 3. The summed E-state index contributed by atoms with van der Waals surface area (Å²) in [5, 5.41) is 18.3. The second-order valence-electron chi connectivity index (χ2n) is 30.7. The van der Waals surface area contributed by atoms with Crippen LogP contribution in [0.25, 0.3) is 11.1 Å². The molecule has 0 saturated carbocycles. The topological polar surface area (TPSA) is 221 Å². The van der Waals surface area contributed by atoms with E-state index in [9.17, 15) is 29.1 Å². The zero-order chi connectivity index (χ0) is 74.5. The number of aliphatic hydroxyl groups is 1. The Morgan fingerprint density at radius 2 is 0.961 bits per heavy atom. The molecular formula is C85H136N2O15Si. The van der Waals surface area contributed by atoms with Crippen LogP contribution in [-0.4, -0.2) is 118 Å². The highest BCUT2D eigenvalue weighted by Gasteiger charge is 2.51. The number of carbonyl (C=O) groups excluding carboxylic acids is 6. The van der Waals surface area contributed by atoms with Crippen LogP contribution in [-0.2, 0) is 68.2 Å². The molecule has 2 amide bonds. The van der Waals surface area contributed by atoms with E-state index in [0.717, 1.165) is 138 Å². The number of fused-ring (bicyclic) bond motifs is 3. The van der Waals surface area contributed by atoms with Crippen molar-refractivity contribution in [3.63, 3.8) is 0 Å². The summed E-state index contributed by atoms with van der Waals surface area (Å²) in [4.78, 5) is 86.3. The highest BCUT2D eigenvalue weighted by atomic mass is 28.4. The number of hydrogen-bond donors (Lipinski definition) is 3. The molecule has 3 aromatic rings. The van der Waals surface area contributed by atoms with Gasteiger partial charge in [0.25, 0.3) is 0 Å². The van der Waals surface area contributed by atoms with E-state index < -0.39 is 93.7 Å². The minimum absolute atomic E-state index is 0.0554. The lowest BCUT2D eigenvalue weighted by Crippen LogP contribution is -2.67. The summed E-state index contributed by atoms with van der Waals surface area (Å²) in [6, 6.07) is 22.0. The second kappa shape index (κ2) is 50.8. The summed E-state index contributed by atoms with van der Waals surface area (Å²) in [7, 11) is -2.59. The van der Waals surface area contributed by atoms with Crippen molar-refractivity contribution in [1.82, 2.24) is 10.6 Å². The molecule has 103 heavy (non-hydrogen) atoms. The van der Waals surface area contributed by atoms with E-state index in [2.05, 4.69) is 72.2 Å². The first-order valence-electron chi connectivity index (χ1n) is 40.6. The van der Waals surface area contributed by atoms with Gasteiger partial charge < -0.3 is 53.3 Å². The molecule has 0 radical (unpaired) electrons. The third-order valence-electron chi connectivity index (χ3n) is 20.9. The van der Waals surface area contributed by atoms with Gasteiger partial charge in [0.15, 0.2) is 26.8 Å². The van der Waals surface area contributed by atoms with Crippen LogP contribution < -0.4 is 10.6 Å². The van der Waals surface area contributed by atoms with Crippen molar-refractivity contribution in [3.05, 3.63) is 95.6 Å². The number of esters is 4. The van der Waals surface area contributed by atoms with Gasteiger partial charge in [-0.15, -0.1) is 0 Å². The van der Waals surface area contributed by atoms with Crippen molar-refractivity contribution in [1.29, 1.82) is 0 Å². The summed E-state index contributed by atoms with van der Waals surface area (Å²) < 4.78 is 50.9. The zero-order valence-electron chi connectivity index (χ0n) is 65.1. The Morgan fingerprint density at radius 1 is 0.524 bits per heavy atom. The molecule has 0 bridgehead atoms. The molecule has 2 aliphatic rings. The molecule has 5 unspecified atom stereocenters. The molecule has 1 saturated heterocycles. The molecule has 1 aliphatic carbocycles. The van der Waals surface area contributed by atoms with E-state index >= 15 is 4.79 Å². The summed E-state index contributed by atoms with van der Waals surface area (Å²) in [5.41, 5.74) is 4.77. The molecule has 5 rings (SSSR count). The average Bonchev–Trinajstić information content (AvgIpc) is 1.65. The fourth-order valence-electron chi connectivity index (χ4n) is 13.5. The zero-order valence-corrected chi connectivity index (χ0v) is 66.1. The molecule has 3 N–H and O–H groups in total. The van der Waals surface area contributed by atoms with Crippen LogP contribution in [0.1, 0.15) is 315 Å². The van der Waals surface area contributed by atoms with E-state index in [-0.39, 0.29) is 62.4 Å². The van der Waals surface area contributed by atoms with E-state index in [0.29, 0.717) is 44.1 Å². The van der Waals surface area contributed by atoms with Crippen LogP contribution in [0.15, 0.2) is 78.9 Å². The van der Waals surface area contributed by atoms with Crippen LogP contribution in [0.2, 0.25) is 18.1 Å². The van der Waals surface area contributed by atoms with Crippen molar-refractivity contribution in [2.45, 2.75) is 372 Å². The van der Waals surface area contributed by atoms with E-state index in [1.807, 2.05) is 66.7 Å². The first-order chi connectivity index (χ1) is 49.8. The van der Waals surface area contributed by atoms with E-state index in [1.54, 1.807) is 12.1 Å². The number of rotatable bonds is 56. The van der Waals surface area contributed by atoms with Gasteiger partial charge in [-0.1, -0.05) is 307 Å². The predicted molar refractivity (Wildman–Crippen MR) is 412 cm³/mol. The Kier molecular flexibility index (Phi) is 43.4. The molecule has 1 heterocycles. The number of carbonyl (C=O) groups is 6. The number of amides is 2. The Bertz CT molecular complexity index is 2800. The highest BCUT2D eigenvalue weighted by molar-refractivity contribution is 6.74. The monoisotopic (exact) mass is 1450 g/mol. The Labute approximate surface area is 621 Å². The minimum atomic E-state index is -2.59. The number of ether oxygens (including phenoxy) is 7. The third kappa shape index (κ3) is 34.2. The number of hydrogen-bond acceptors (Lipinski definition) is 15. The van der Waals surface area contributed by atoms with Gasteiger partial charge in [-0.25, -0.2) is 9.59 Å². The first kappa shape index (κ1) is 88.0. The summed E-state index contributed by atoms with van der Waals surface area (Å²) in [6.07, 6.45) is 25.7. The Hall–Kier alpha value is -5.66. The quantitative estimate of drug-likeness (QED) is 0.0207. The maximum absolute atomic E-state index is 15.1. The van der Waals surface area contributed by atoms with Gasteiger partial charge in [-0.05, 0) is 84.5 Å². The van der Waals surface area contributed by atoms with Gasteiger partial charge in [0, 0.05) is 18.8 Å². The molecule has 3 aromatic carbocycles. The molecule has 0 spiro atoms. The van der Waals surface area contributed by atoms with Gasteiger partial charge in [-0.3, -0.25) is 19.2 Å². The molecule has 580 valence electrons. The van der Waals surface area contributed by atoms with Crippen LogP contribution in [0.5, 0.6) is 0 Å². The summed E-state index contributed by atoms with van der Waals surface area (Å²) >= 11 is 0. The Morgan fingerprint density at radius 3 is 1.44 bits per heavy atom. The number of unbranched alkanes of at least 4 members (excludes halogenated alkanes) is 28. The van der Waals surface area contributed by atoms with E-state index in [1.165, 1.54) is 64.2 Å². The molecule has 0 aromatic heterocycles. The summed E-state index contributed by atoms with van der Waals surface area (Å²) in [6.45, 7) is 18.2. The molecule has 1 aliphatic heterocycles. The Balaban J connectivity index is 1.50. The maximum atomic E-state index is 15.1. The highest BCUT2D eigenvalue weighted by Crippen LogP contribution is 2.45. The minimum Gasteiger partial charge on any atom is -0.462 e. The predicted octanol–water partition coefficient (Wildman–Crippen LogP) is 19.9. The number of alkyl carbamates (subject to hydrolysis) is 1. The third-order valence-corrected chi connectivity index (χ3v) is 25.4. The van der Waals surface area contributed by atoms with Crippen molar-refractivity contribution in [3.8, 4) is 11.1 Å². The lowest BCUT2D eigenvalue weighted by molar-refractivity contribution is -0.274. The molecule has 1 fully saturated rings. The van der Waals surface area contributed by atoms with Gasteiger partial charge in [0.1, 0.15) is 43.7 Å². The van der Waals surface area contributed by atoms with Crippen LogP contribution in [0.3, 0.4) is 0 Å². The van der Waals surface area contributed by atoms with Gasteiger partial charge in [0.2, 0.25) is 5.91 Å². The lowest BCUT2D eigenvalue weighted by Gasteiger charge is -2.45. The molecular weight excluding hydrogens is 1320 g/mol. The van der Waals surface area contributed by atoms with Crippen molar-refractivity contribution in [2.24, 2.45) is 0 Å². The van der Waals surface area contributed by atoms with Gasteiger partial charge in [-0.2, -0.15) is 0 Å². The normalized spacial score (nSPS) is 17.5. The molecule has 17 nitrogen and oxygen atoms in total. The SMILES string of the molecule is CCCCCCCCCCC[C@H](CC(=O)NC1C(OC[C@@H](NC(=O)OCC2c3ccccc3-c3ccccc32)C(=O)OCc2ccccc2)OC(CO[Si](C)(C)C(C)(C)C)C(O)C1OC(=O)C[C@@H](CCCCCCCCCCC)OC(=O)CCCCCCCCC)OC(=O)CCCCCCCCC.